The highest BCUT2D eigenvalue weighted by molar-refractivity contribution is 5.79. The Hall–Kier alpha value is -3.09. The molecular formula is C18H22N6O. The molecule has 7 heteroatoms. The van der Waals surface area contributed by atoms with Crippen LogP contribution in [-0.2, 0) is 6.54 Å². The lowest BCUT2D eigenvalue weighted by Gasteiger charge is -2.12. The highest BCUT2D eigenvalue weighted by Gasteiger charge is 2.05. The summed E-state index contributed by atoms with van der Waals surface area (Å²) in [4.78, 5) is 4.21. The number of ether oxygens (including phenoxy) is 1. The van der Waals surface area contributed by atoms with Gasteiger partial charge in [-0.2, -0.15) is 0 Å². The molecule has 2 N–H and O–H groups in total. The number of para-hydroxylation sites is 1. The number of aryl methyl sites for hydroxylation is 1. The van der Waals surface area contributed by atoms with Crippen LogP contribution in [0.3, 0.4) is 0 Å². The van der Waals surface area contributed by atoms with Crippen molar-refractivity contribution in [2.45, 2.75) is 13.5 Å². The molecule has 1 aromatic carbocycles. The molecule has 0 aliphatic heterocycles. The minimum absolute atomic E-state index is 0.531. The molecule has 0 saturated carbocycles. The standard InChI is InChI=1S/C18H22N6O/c1-14-7-3-4-8-15(14)25-12-10-20-18(19-2)21-13-17-23-22-16-9-5-6-11-24(16)17/h3-9,11H,10,12-13H2,1-2H3,(H2,19,20,21). The van der Waals surface area contributed by atoms with Crippen LogP contribution in [0.15, 0.2) is 53.7 Å². The average molecular weight is 338 g/mol. The first kappa shape index (κ1) is 16.8. The van der Waals surface area contributed by atoms with Gasteiger partial charge in [-0.1, -0.05) is 24.3 Å². The molecule has 3 rings (SSSR count). The first-order chi connectivity index (χ1) is 12.3. The van der Waals surface area contributed by atoms with Gasteiger partial charge in [0.05, 0.1) is 13.1 Å². The van der Waals surface area contributed by atoms with Crippen LogP contribution in [0.2, 0.25) is 0 Å². The highest BCUT2D eigenvalue weighted by atomic mass is 16.5. The van der Waals surface area contributed by atoms with Gasteiger partial charge in [0.25, 0.3) is 0 Å². The fraction of sp³-hybridized carbons (Fsp3) is 0.278. The van der Waals surface area contributed by atoms with Crippen molar-refractivity contribution >= 4 is 11.6 Å². The monoisotopic (exact) mass is 338 g/mol. The van der Waals surface area contributed by atoms with Crippen LogP contribution in [0.5, 0.6) is 5.75 Å². The summed E-state index contributed by atoms with van der Waals surface area (Å²) < 4.78 is 7.71. The van der Waals surface area contributed by atoms with E-state index < -0.39 is 0 Å². The summed E-state index contributed by atoms with van der Waals surface area (Å²) in [5, 5.41) is 14.8. The molecule has 3 aromatic rings. The molecule has 0 radical (unpaired) electrons. The van der Waals surface area contributed by atoms with E-state index in [0.717, 1.165) is 22.8 Å². The molecule has 2 heterocycles. The van der Waals surface area contributed by atoms with Gasteiger partial charge < -0.3 is 15.4 Å². The number of hydrogen-bond donors (Lipinski definition) is 2. The minimum Gasteiger partial charge on any atom is -0.491 e. The number of nitrogens with one attached hydrogen (secondary N) is 2. The van der Waals surface area contributed by atoms with Crippen molar-refractivity contribution in [3.63, 3.8) is 0 Å². The van der Waals surface area contributed by atoms with E-state index in [4.69, 9.17) is 4.74 Å². The van der Waals surface area contributed by atoms with E-state index in [2.05, 4.69) is 25.8 Å². The fourth-order valence-corrected chi connectivity index (χ4v) is 2.44. The van der Waals surface area contributed by atoms with Crippen molar-refractivity contribution in [1.29, 1.82) is 0 Å². The van der Waals surface area contributed by atoms with Gasteiger partial charge in [0, 0.05) is 13.2 Å². The maximum absolute atomic E-state index is 5.77. The zero-order chi connectivity index (χ0) is 17.5. The lowest BCUT2D eigenvalue weighted by Crippen LogP contribution is -2.39. The Morgan fingerprint density at radius 2 is 1.96 bits per heavy atom. The Kier molecular flexibility index (Phi) is 5.46. The van der Waals surface area contributed by atoms with Gasteiger partial charge in [-0.05, 0) is 30.7 Å². The van der Waals surface area contributed by atoms with E-state index in [1.54, 1.807) is 7.05 Å². The summed E-state index contributed by atoms with van der Waals surface area (Å²) in [6.45, 7) is 3.77. The van der Waals surface area contributed by atoms with Gasteiger partial charge in [0.15, 0.2) is 17.4 Å². The minimum atomic E-state index is 0.531. The third-order valence-corrected chi connectivity index (χ3v) is 3.77. The lowest BCUT2D eigenvalue weighted by molar-refractivity contribution is 0.320. The number of fused-ring (bicyclic) bond motifs is 1. The predicted octanol–water partition coefficient (Wildman–Crippen LogP) is 1.78. The van der Waals surface area contributed by atoms with Gasteiger partial charge in [-0.25, -0.2) is 0 Å². The molecule has 2 aromatic heterocycles. The van der Waals surface area contributed by atoms with E-state index in [9.17, 15) is 0 Å². The van der Waals surface area contributed by atoms with Crippen LogP contribution >= 0.6 is 0 Å². The van der Waals surface area contributed by atoms with E-state index in [0.29, 0.717) is 25.7 Å². The lowest BCUT2D eigenvalue weighted by atomic mass is 10.2. The van der Waals surface area contributed by atoms with Crippen molar-refractivity contribution in [2.75, 3.05) is 20.2 Å². The third kappa shape index (κ3) is 4.26. The molecule has 0 aliphatic rings. The molecule has 7 nitrogen and oxygen atoms in total. The van der Waals surface area contributed by atoms with Crippen LogP contribution < -0.4 is 15.4 Å². The number of benzene rings is 1. The summed E-state index contributed by atoms with van der Waals surface area (Å²) >= 11 is 0. The Labute approximate surface area is 146 Å². The van der Waals surface area contributed by atoms with Crippen molar-refractivity contribution in [3.8, 4) is 5.75 Å². The van der Waals surface area contributed by atoms with E-state index in [1.165, 1.54) is 0 Å². The molecule has 0 fully saturated rings. The zero-order valence-electron chi connectivity index (χ0n) is 14.4. The second-order valence-electron chi connectivity index (χ2n) is 5.51. The molecular weight excluding hydrogens is 316 g/mol. The number of rotatable bonds is 6. The van der Waals surface area contributed by atoms with Gasteiger partial charge in [0.1, 0.15) is 12.4 Å². The average Bonchev–Trinajstić information content (AvgIpc) is 3.06. The SMILES string of the molecule is CN=C(NCCOc1ccccc1C)NCc1nnc2ccccn12. The first-order valence-electron chi connectivity index (χ1n) is 8.19. The number of nitrogens with zero attached hydrogens (tertiary/aromatic N) is 4. The molecule has 0 amide bonds. The predicted molar refractivity (Wildman–Crippen MR) is 97.9 cm³/mol. The molecule has 130 valence electrons. The van der Waals surface area contributed by atoms with Gasteiger partial charge in [-0.15, -0.1) is 10.2 Å². The van der Waals surface area contributed by atoms with Crippen molar-refractivity contribution < 1.29 is 4.74 Å². The van der Waals surface area contributed by atoms with Gasteiger partial charge in [0.2, 0.25) is 0 Å². The quantitative estimate of drug-likeness (QED) is 0.407. The second kappa shape index (κ2) is 8.14. The maximum Gasteiger partial charge on any atom is 0.191 e. The topological polar surface area (TPSA) is 75.8 Å². The Morgan fingerprint density at radius 3 is 2.80 bits per heavy atom. The van der Waals surface area contributed by atoms with Gasteiger partial charge >= 0.3 is 0 Å². The molecule has 0 saturated heterocycles. The van der Waals surface area contributed by atoms with E-state index in [-0.39, 0.29) is 0 Å². The number of hydrogen-bond acceptors (Lipinski definition) is 4. The van der Waals surface area contributed by atoms with Crippen LogP contribution in [0.25, 0.3) is 5.65 Å². The van der Waals surface area contributed by atoms with Gasteiger partial charge in [-0.3, -0.25) is 9.39 Å². The Balaban J connectivity index is 1.46. The molecule has 0 bridgehead atoms. The van der Waals surface area contributed by atoms with Crippen LogP contribution in [-0.4, -0.2) is 40.8 Å². The fourth-order valence-electron chi connectivity index (χ4n) is 2.44. The molecule has 25 heavy (non-hydrogen) atoms. The van der Waals surface area contributed by atoms with Crippen molar-refractivity contribution in [1.82, 2.24) is 25.2 Å². The van der Waals surface area contributed by atoms with E-state index in [1.807, 2.05) is 60.0 Å². The Bertz CT molecular complexity index is 857. The zero-order valence-corrected chi connectivity index (χ0v) is 14.4. The smallest absolute Gasteiger partial charge is 0.191 e. The number of aliphatic imine (C=N–C) groups is 1. The summed E-state index contributed by atoms with van der Waals surface area (Å²) in [5.74, 6) is 2.43. The summed E-state index contributed by atoms with van der Waals surface area (Å²) in [6, 6.07) is 13.8. The highest BCUT2D eigenvalue weighted by Crippen LogP contribution is 2.15. The van der Waals surface area contributed by atoms with Crippen LogP contribution in [0.1, 0.15) is 11.4 Å². The molecule has 0 spiro atoms. The van der Waals surface area contributed by atoms with Crippen LogP contribution in [0, 0.1) is 6.92 Å². The summed E-state index contributed by atoms with van der Waals surface area (Å²) in [6.07, 6.45) is 1.94. The normalized spacial score (nSPS) is 11.5. The maximum atomic E-state index is 5.77. The van der Waals surface area contributed by atoms with Crippen molar-refractivity contribution in [3.05, 3.63) is 60.0 Å². The number of guanidine groups is 1. The molecule has 0 unspecified atom stereocenters. The first-order valence-corrected chi connectivity index (χ1v) is 8.19. The molecule has 0 aliphatic carbocycles. The number of aromatic nitrogens is 3. The third-order valence-electron chi connectivity index (χ3n) is 3.77. The molecule has 0 atom stereocenters. The summed E-state index contributed by atoms with van der Waals surface area (Å²) in [5.41, 5.74) is 1.96. The Morgan fingerprint density at radius 1 is 1.12 bits per heavy atom. The van der Waals surface area contributed by atoms with Crippen molar-refractivity contribution in [2.24, 2.45) is 4.99 Å². The van der Waals surface area contributed by atoms with Crippen LogP contribution in [0.4, 0.5) is 0 Å². The van der Waals surface area contributed by atoms with E-state index >= 15 is 0 Å². The second-order valence-corrected chi connectivity index (χ2v) is 5.51. The largest absolute Gasteiger partial charge is 0.491 e. The number of pyridine rings is 1. The summed E-state index contributed by atoms with van der Waals surface area (Å²) in [7, 11) is 1.74.